The SMILES string of the molecule is CC(Nc1nn(C)c(=O)n(C)c1=O)c1ccccc1Cl. The van der Waals surface area contributed by atoms with E-state index in [9.17, 15) is 9.59 Å². The zero-order valence-corrected chi connectivity index (χ0v) is 12.2. The first-order valence-corrected chi connectivity index (χ1v) is 6.45. The third kappa shape index (κ3) is 2.60. The van der Waals surface area contributed by atoms with Crippen LogP contribution in [0, 0.1) is 0 Å². The summed E-state index contributed by atoms with van der Waals surface area (Å²) < 4.78 is 2.12. The monoisotopic (exact) mass is 294 g/mol. The molecule has 1 heterocycles. The van der Waals surface area contributed by atoms with Gasteiger partial charge < -0.3 is 5.32 Å². The summed E-state index contributed by atoms with van der Waals surface area (Å²) in [7, 11) is 2.91. The average Bonchev–Trinajstić information content (AvgIpc) is 2.42. The number of hydrogen-bond acceptors (Lipinski definition) is 4. The molecular formula is C13H15ClN4O2. The van der Waals surface area contributed by atoms with Gasteiger partial charge in [-0.2, -0.15) is 0 Å². The molecule has 0 aliphatic heterocycles. The quantitative estimate of drug-likeness (QED) is 0.926. The lowest BCUT2D eigenvalue weighted by atomic mass is 10.1. The standard InChI is InChI=1S/C13H15ClN4O2/c1-8(9-6-4-5-7-10(9)14)15-11-12(19)17(2)13(20)18(3)16-11/h4-8H,1-3H3,(H,15,16). The van der Waals surface area contributed by atoms with Gasteiger partial charge in [-0.1, -0.05) is 29.8 Å². The van der Waals surface area contributed by atoms with Gasteiger partial charge in [-0.25, -0.2) is 9.48 Å². The molecule has 0 radical (unpaired) electrons. The number of benzene rings is 1. The average molecular weight is 295 g/mol. The van der Waals surface area contributed by atoms with Crippen molar-refractivity contribution in [1.82, 2.24) is 14.3 Å². The van der Waals surface area contributed by atoms with Crippen LogP contribution in [0.25, 0.3) is 0 Å². The minimum atomic E-state index is -0.467. The van der Waals surface area contributed by atoms with E-state index in [4.69, 9.17) is 11.6 Å². The number of halogens is 1. The van der Waals surface area contributed by atoms with Crippen molar-refractivity contribution >= 4 is 17.4 Å². The zero-order valence-electron chi connectivity index (χ0n) is 11.4. The highest BCUT2D eigenvalue weighted by molar-refractivity contribution is 6.31. The fourth-order valence-corrected chi connectivity index (χ4v) is 2.20. The molecule has 2 aromatic rings. The molecule has 0 aliphatic carbocycles. The molecule has 1 unspecified atom stereocenters. The largest absolute Gasteiger partial charge is 0.357 e. The number of rotatable bonds is 3. The van der Waals surface area contributed by atoms with Crippen LogP contribution in [0.4, 0.5) is 5.82 Å². The van der Waals surface area contributed by atoms with E-state index in [0.29, 0.717) is 5.02 Å². The molecule has 7 heteroatoms. The molecule has 0 amide bonds. The Balaban J connectivity index is 2.39. The second kappa shape index (κ2) is 5.50. The van der Waals surface area contributed by atoms with Gasteiger partial charge in [0.15, 0.2) is 0 Å². The molecule has 106 valence electrons. The number of aryl methyl sites for hydroxylation is 1. The number of nitrogens with zero attached hydrogens (tertiary/aromatic N) is 3. The molecule has 6 nitrogen and oxygen atoms in total. The molecule has 1 N–H and O–H groups in total. The Kier molecular flexibility index (Phi) is 3.94. The molecule has 1 aromatic carbocycles. The first-order valence-electron chi connectivity index (χ1n) is 6.07. The molecule has 0 bridgehead atoms. The fourth-order valence-electron chi connectivity index (χ4n) is 1.90. The van der Waals surface area contributed by atoms with E-state index in [2.05, 4.69) is 10.4 Å². The van der Waals surface area contributed by atoms with E-state index in [1.54, 1.807) is 6.07 Å². The van der Waals surface area contributed by atoms with Crippen LogP contribution in [0.3, 0.4) is 0 Å². The Labute approximate surface area is 120 Å². The molecule has 0 saturated carbocycles. The molecule has 0 saturated heterocycles. The summed E-state index contributed by atoms with van der Waals surface area (Å²) in [6.45, 7) is 1.87. The summed E-state index contributed by atoms with van der Waals surface area (Å²) >= 11 is 6.11. The van der Waals surface area contributed by atoms with Crippen molar-refractivity contribution in [2.45, 2.75) is 13.0 Å². The summed E-state index contributed by atoms with van der Waals surface area (Å²) in [6, 6.07) is 7.14. The van der Waals surface area contributed by atoms with Crippen LogP contribution in [0.2, 0.25) is 5.02 Å². The fraction of sp³-hybridized carbons (Fsp3) is 0.308. The summed E-state index contributed by atoms with van der Waals surface area (Å²) in [5, 5.41) is 7.54. The predicted molar refractivity (Wildman–Crippen MR) is 78.2 cm³/mol. The molecule has 1 aromatic heterocycles. The topological polar surface area (TPSA) is 68.9 Å². The lowest BCUT2D eigenvalue weighted by Gasteiger charge is -2.16. The Morgan fingerprint density at radius 2 is 1.90 bits per heavy atom. The molecule has 1 atom stereocenters. The first-order chi connectivity index (χ1) is 9.41. The molecule has 0 spiro atoms. The molecular weight excluding hydrogens is 280 g/mol. The Morgan fingerprint density at radius 3 is 2.55 bits per heavy atom. The second-order valence-electron chi connectivity index (χ2n) is 4.51. The van der Waals surface area contributed by atoms with Crippen LogP contribution in [0.5, 0.6) is 0 Å². The van der Waals surface area contributed by atoms with Crippen molar-refractivity contribution in [1.29, 1.82) is 0 Å². The highest BCUT2D eigenvalue weighted by Gasteiger charge is 2.14. The summed E-state index contributed by atoms with van der Waals surface area (Å²) in [6.07, 6.45) is 0. The van der Waals surface area contributed by atoms with Gasteiger partial charge in [-0.15, -0.1) is 5.10 Å². The summed E-state index contributed by atoms with van der Waals surface area (Å²) in [5.74, 6) is 0.113. The number of hydrogen-bond donors (Lipinski definition) is 1. The van der Waals surface area contributed by atoms with E-state index in [-0.39, 0.29) is 11.9 Å². The van der Waals surface area contributed by atoms with Crippen LogP contribution in [0.15, 0.2) is 33.9 Å². The van der Waals surface area contributed by atoms with Crippen LogP contribution in [-0.2, 0) is 14.1 Å². The minimum absolute atomic E-state index is 0.113. The van der Waals surface area contributed by atoms with Gasteiger partial charge in [-0.3, -0.25) is 9.36 Å². The van der Waals surface area contributed by atoms with Crippen molar-refractivity contribution in [2.24, 2.45) is 14.1 Å². The Hall–Kier alpha value is -2.08. The normalized spacial score (nSPS) is 12.2. The van der Waals surface area contributed by atoms with Gasteiger partial charge in [0.25, 0.3) is 5.56 Å². The minimum Gasteiger partial charge on any atom is -0.357 e. The van der Waals surface area contributed by atoms with Crippen LogP contribution in [0.1, 0.15) is 18.5 Å². The third-order valence-corrected chi connectivity index (χ3v) is 3.39. The van der Waals surface area contributed by atoms with Crippen LogP contribution >= 0.6 is 11.6 Å². The highest BCUT2D eigenvalue weighted by atomic mass is 35.5. The second-order valence-corrected chi connectivity index (χ2v) is 4.91. The molecule has 0 aliphatic rings. The maximum Gasteiger partial charge on any atom is 0.346 e. The lowest BCUT2D eigenvalue weighted by molar-refractivity contribution is 0.601. The lowest BCUT2D eigenvalue weighted by Crippen LogP contribution is -2.40. The van der Waals surface area contributed by atoms with Gasteiger partial charge in [0.1, 0.15) is 0 Å². The Bertz CT molecular complexity index is 751. The zero-order chi connectivity index (χ0) is 14.9. The summed E-state index contributed by atoms with van der Waals surface area (Å²) in [5.41, 5.74) is -0.0789. The van der Waals surface area contributed by atoms with E-state index < -0.39 is 11.2 Å². The number of aromatic nitrogens is 3. The Morgan fingerprint density at radius 1 is 1.25 bits per heavy atom. The maximum absolute atomic E-state index is 12.0. The van der Waals surface area contributed by atoms with Gasteiger partial charge in [-0.05, 0) is 18.6 Å². The van der Waals surface area contributed by atoms with Crippen LogP contribution < -0.4 is 16.6 Å². The van der Waals surface area contributed by atoms with Crippen molar-refractivity contribution in [2.75, 3.05) is 5.32 Å². The van der Waals surface area contributed by atoms with Crippen molar-refractivity contribution in [3.05, 3.63) is 55.7 Å². The van der Waals surface area contributed by atoms with Gasteiger partial charge in [0, 0.05) is 19.1 Å². The summed E-state index contributed by atoms with van der Waals surface area (Å²) in [4.78, 5) is 23.6. The van der Waals surface area contributed by atoms with Crippen molar-refractivity contribution < 1.29 is 0 Å². The molecule has 0 fully saturated rings. The van der Waals surface area contributed by atoms with E-state index >= 15 is 0 Å². The first kappa shape index (κ1) is 14.3. The van der Waals surface area contributed by atoms with Crippen molar-refractivity contribution in [3.8, 4) is 0 Å². The van der Waals surface area contributed by atoms with E-state index in [0.717, 1.165) is 14.8 Å². The number of anilines is 1. The van der Waals surface area contributed by atoms with Crippen molar-refractivity contribution in [3.63, 3.8) is 0 Å². The van der Waals surface area contributed by atoms with Gasteiger partial charge >= 0.3 is 5.69 Å². The van der Waals surface area contributed by atoms with E-state index in [1.807, 2.05) is 25.1 Å². The van der Waals surface area contributed by atoms with Gasteiger partial charge in [0.2, 0.25) is 5.82 Å². The molecule has 2 rings (SSSR count). The maximum atomic E-state index is 12.0. The smallest absolute Gasteiger partial charge is 0.346 e. The molecule has 20 heavy (non-hydrogen) atoms. The highest BCUT2D eigenvalue weighted by Crippen LogP contribution is 2.23. The number of nitrogens with one attached hydrogen (secondary N) is 1. The van der Waals surface area contributed by atoms with E-state index in [1.165, 1.54) is 14.1 Å². The van der Waals surface area contributed by atoms with Gasteiger partial charge in [0.05, 0.1) is 6.04 Å². The third-order valence-electron chi connectivity index (χ3n) is 3.05. The van der Waals surface area contributed by atoms with Crippen LogP contribution in [-0.4, -0.2) is 14.3 Å². The predicted octanol–water partition coefficient (Wildman–Crippen LogP) is 1.31.